The number of ether oxygens (including phenoxy) is 1. The second-order valence-corrected chi connectivity index (χ2v) is 9.23. The van der Waals surface area contributed by atoms with Crippen LogP contribution < -0.4 is 32.2 Å². The van der Waals surface area contributed by atoms with Crippen LogP contribution in [0.15, 0.2) is 42.5 Å². The first-order chi connectivity index (χ1) is 19.4. The molecule has 0 aliphatic carbocycles. The Kier molecular flexibility index (Phi) is 6.87. The Morgan fingerprint density at radius 2 is 1.60 bits per heavy atom. The Labute approximate surface area is 231 Å². The largest absolute Gasteiger partial charge is 0.573 e. The Bertz CT molecular complexity index is 1690. The first-order valence-corrected chi connectivity index (χ1v) is 11.6. The molecule has 4 atom stereocenters. The van der Waals surface area contributed by atoms with E-state index in [1.165, 1.54) is 12.1 Å². The number of alkyl halides is 4. The molecule has 2 aromatic carbocycles. The summed E-state index contributed by atoms with van der Waals surface area (Å²) in [6.45, 7) is -1.45. The lowest BCUT2D eigenvalue weighted by atomic mass is 9.77. The molecule has 4 rings (SSSR count). The van der Waals surface area contributed by atoms with Gasteiger partial charge in [0.2, 0.25) is 5.91 Å². The molecular formula is C24H21F4N6O8+. The molecule has 3 aromatic rings. The van der Waals surface area contributed by atoms with Gasteiger partial charge in [-0.05, 0) is 24.3 Å². The van der Waals surface area contributed by atoms with Crippen LogP contribution in [-0.4, -0.2) is 69.8 Å². The summed E-state index contributed by atoms with van der Waals surface area (Å²) in [6, 6.07) is 3.01. The number of carboxylic acid groups (broad SMARTS) is 2. The number of para-hydroxylation sites is 1. The van der Waals surface area contributed by atoms with Crippen LogP contribution >= 0.6 is 0 Å². The summed E-state index contributed by atoms with van der Waals surface area (Å²) in [5.74, 6) is -6.92. The van der Waals surface area contributed by atoms with Gasteiger partial charge in [-0.2, -0.15) is 9.28 Å². The number of halogens is 4. The van der Waals surface area contributed by atoms with Crippen molar-refractivity contribution >= 4 is 46.5 Å². The highest BCUT2D eigenvalue weighted by Crippen LogP contribution is 2.56. The van der Waals surface area contributed by atoms with E-state index in [0.29, 0.717) is 10.6 Å². The van der Waals surface area contributed by atoms with Crippen molar-refractivity contribution in [1.82, 2.24) is 9.05 Å². The van der Waals surface area contributed by atoms with E-state index in [1.54, 1.807) is 0 Å². The van der Waals surface area contributed by atoms with E-state index in [0.717, 1.165) is 24.3 Å². The molecule has 1 unspecified atom stereocenters. The van der Waals surface area contributed by atoms with Crippen molar-refractivity contribution < 1.29 is 56.5 Å². The molecule has 1 fully saturated rings. The minimum atomic E-state index is -5.55. The number of aliphatic carboxylic acids is 1. The molecule has 0 saturated carbocycles. The van der Waals surface area contributed by atoms with Crippen LogP contribution in [0.1, 0.15) is 26.4 Å². The van der Waals surface area contributed by atoms with E-state index in [2.05, 4.69) is 4.74 Å². The summed E-state index contributed by atoms with van der Waals surface area (Å²) >= 11 is 0. The molecule has 10 N–H and O–H groups in total. The van der Waals surface area contributed by atoms with Crippen LogP contribution in [0.2, 0.25) is 0 Å². The lowest BCUT2D eigenvalue weighted by Crippen LogP contribution is -2.71. The van der Waals surface area contributed by atoms with Crippen molar-refractivity contribution in [2.75, 3.05) is 6.54 Å². The maximum Gasteiger partial charge on any atom is 0.573 e. The SMILES string of the molecule is NC(=O)c1cccc(OC(F)(F)F)c1[C@]1(C(=O)O)[C@H](N)[C@@H](F)C[N+]1(C(=O)O)c1c(C(N)=O)n(C(N)=O)c2ccccc12. The summed E-state index contributed by atoms with van der Waals surface area (Å²) in [6.07, 6.45) is -10.5. The third kappa shape index (κ3) is 3.90. The van der Waals surface area contributed by atoms with Gasteiger partial charge in [-0.15, -0.1) is 13.2 Å². The number of rotatable bonds is 6. The number of quaternary nitrogens is 1. The van der Waals surface area contributed by atoms with E-state index in [4.69, 9.17) is 22.9 Å². The number of carbonyl (C=O) groups excluding carboxylic acids is 3. The first-order valence-electron chi connectivity index (χ1n) is 11.6. The number of nitrogens with zero attached hydrogens (tertiary/aromatic N) is 2. The number of carboxylic acids is 1. The Morgan fingerprint density at radius 1 is 0.976 bits per heavy atom. The average Bonchev–Trinajstić information content (AvgIpc) is 3.34. The number of hydrogen-bond acceptors (Lipinski definition) is 7. The number of likely N-dealkylation sites (tertiary alicyclic amines) is 1. The van der Waals surface area contributed by atoms with Gasteiger partial charge < -0.3 is 37.9 Å². The van der Waals surface area contributed by atoms with Gasteiger partial charge >= 0.3 is 24.5 Å². The van der Waals surface area contributed by atoms with Gasteiger partial charge in [-0.1, -0.05) is 18.2 Å². The standard InChI is InChI=1S/C24H20F4N6O8/c25-11-8-34(22(40)41,16-9-4-1-2-6-12(9)33(21(32)39)15(16)19(31)36)23(17(11)29,20(37)38)14-10(18(30)35)5-3-7-13(14)42-24(26,27)28/h1-7,11,17H,8,29H2,(H7-,30,31,32,35,36,37,38,39,40,41)/p+1/t11-,17+,23+,34?/m0/s1. The van der Waals surface area contributed by atoms with Gasteiger partial charge in [0.1, 0.15) is 18.3 Å². The molecule has 18 heteroatoms. The third-order valence-corrected chi connectivity index (χ3v) is 7.16. The van der Waals surface area contributed by atoms with Gasteiger partial charge in [0.05, 0.1) is 22.0 Å². The van der Waals surface area contributed by atoms with Crippen LogP contribution in [0.3, 0.4) is 0 Å². The fourth-order valence-corrected chi connectivity index (χ4v) is 5.80. The molecule has 1 saturated heterocycles. The van der Waals surface area contributed by atoms with Crippen LogP contribution in [0.25, 0.3) is 10.9 Å². The zero-order chi connectivity index (χ0) is 31.5. The molecule has 0 bridgehead atoms. The molecule has 222 valence electrons. The number of benzene rings is 2. The van der Waals surface area contributed by atoms with E-state index >= 15 is 4.39 Å². The van der Waals surface area contributed by atoms with Gasteiger partial charge in [-0.3, -0.25) is 14.2 Å². The second-order valence-electron chi connectivity index (χ2n) is 9.23. The van der Waals surface area contributed by atoms with Crippen LogP contribution in [0.4, 0.5) is 32.8 Å². The molecule has 0 spiro atoms. The Morgan fingerprint density at radius 3 is 2.10 bits per heavy atom. The van der Waals surface area contributed by atoms with Gasteiger partial charge in [0, 0.05) is 0 Å². The normalized spacial score (nSPS) is 23.9. The Hall–Kier alpha value is -5.23. The molecular weight excluding hydrogens is 576 g/mol. The molecule has 1 aromatic heterocycles. The summed E-state index contributed by atoms with van der Waals surface area (Å²) in [5.41, 5.74) is 14.1. The molecule has 1 aliphatic heterocycles. The fraction of sp³-hybridized carbons (Fsp3) is 0.208. The zero-order valence-electron chi connectivity index (χ0n) is 21.0. The summed E-state index contributed by atoms with van der Waals surface area (Å²) in [5, 5.41) is 21.2. The average molecular weight is 597 g/mol. The fourth-order valence-electron chi connectivity index (χ4n) is 5.80. The maximum atomic E-state index is 15.8. The smallest absolute Gasteiger partial charge is 0.476 e. The Balaban J connectivity index is 2.39. The van der Waals surface area contributed by atoms with Gasteiger partial charge in [0.15, 0.2) is 17.6 Å². The first kappa shape index (κ1) is 29.7. The predicted octanol–water partition coefficient (Wildman–Crippen LogP) is 1.31. The van der Waals surface area contributed by atoms with Crippen LogP contribution in [0, 0.1) is 0 Å². The third-order valence-electron chi connectivity index (χ3n) is 7.16. The van der Waals surface area contributed by atoms with E-state index < -0.39 is 93.3 Å². The predicted molar refractivity (Wildman–Crippen MR) is 134 cm³/mol. The van der Waals surface area contributed by atoms with Crippen molar-refractivity contribution in [3.8, 4) is 5.75 Å². The highest BCUT2D eigenvalue weighted by atomic mass is 19.4. The van der Waals surface area contributed by atoms with Gasteiger partial charge in [0.25, 0.3) is 11.4 Å². The van der Waals surface area contributed by atoms with Crippen molar-refractivity contribution in [1.29, 1.82) is 0 Å². The minimum absolute atomic E-state index is 0.294. The highest BCUT2D eigenvalue weighted by molar-refractivity contribution is 6.16. The number of primary amides is 3. The summed E-state index contributed by atoms with van der Waals surface area (Å²) < 4.78 is 58.6. The van der Waals surface area contributed by atoms with E-state index in [1.807, 2.05) is 0 Å². The second kappa shape index (κ2) is 9.70. The van der Waals surface area contributed by atoms with Crippen LogP contribution in [-0.2, 0) is 10.3 Å². The zero-order valence-corrected chi connectivity index (χ0v) is 21.0. The van der Waals surface area contributed by atoms with Crippen molar-refractivity contribution in [3.63, 3.8) is 0 Å². The minimum Gasteiger partial charge on any atom is -0.476 e. The molecule has 4 amide bonds. The highest BCUT2D eigenvalue weighted by Gasteiger charge is 2.78. The number of nitrogens with two attached hydrogens (primary N) is 4. The molecule has 0 radical (unpaired) electrons. The van der Waals surface area contributed by atoms with Crippen molar-refractivity contribution in [2.45, 2.75) is 24.1 Å². The lowest BCUT2D eigenvalue weighted by Gasteiger charge is -2.43. The van der Waals surface area contributed by atoms with E-state index in [-0.39, 0.29) is 10.9 Å². The monoisotopic (exact) mass is 597 g/mol. The van der Waals surface area contributed by atoms with Crippen molar-refractivity contribution in [2.24, 2.45) is 22.9 Å². The van der Waals surface area contributed by atoms with Crippen molar-refractivity contribution in [3.05, 3.63) is 59.3 Å². The number of hydrogen-bond donors (Lipinski definition) is 6. The number of aromatic nitrogens is 1. The topological polar surface area (TPSA) is 244 Å². The molecule has 2 heterocycles. The number of carbonyl (C=O) groups is 5. The van der Waals surface area contributed by atoms with Crippen LogP contribution in [0.5, 0.6) is 5.75 Å². The lowest BCUT2D eigenvalue weighted by molar-refractivity contribution is -0.275. The van der Waals surface area contributed by atoms with E-state index in [9.17, 15) is 47.4 Å². The quantitative estimate of drug-likeness (QED) is 0.177. The summed E-state index contributed by atoms with van der Waals surface area (Å²) in [7, 11) is 0. The molecule has 1 aliphatic rings. The molecule has 14 nitrogen and oxygen atoms in total. The molecule has 42 heavy (non-hydrogen) atoms. The maximum absolute atomic E-state index is 15.8. The number of fused-ring (bicyclic) bond motifs is 1. The number of amides is 4. The van der Waals surface area contributed by atoms with Gasteiger partial charge in [-0.25, -0.2) is 14.0 Å². The summed E-state index contributed by atoms with van der Waals surface area (Å²) in [4.78, 5) is 64.6.